The fourth-order valence-electron chi connectivity index (χ4n) is 4.37. The van der Waals surface area contributed by atoms with Crippen LogP contribution in [-0.2, 0) is 9.53 Å². The Balaban J connectivity index is 1.59. The van der Waals surface area contributed by atoms with Crippen LogP contribution in [0.3, 0.4) is 0 Å². The first-order valence-corrected chi connectivity index (χ1v) is 10.3. The first-order chi connectivity index (χ1) is 14.5. The van der Waals surface area contributed by atoms with Crippen LogP contribution in [0.15, 0.2) is 30.5 Å². The van der Waals surface area contributed by atoms with Crippen molar-refractivity contribution in [2.75, 3.05) is 38.1 Å². The van der Waals surface area contributed by atoms with Crippen molar-refractivity contribution < 1.29 is 13.9 Å². The Morgan fingerprint density at radius 1 is 1.40 bits per heavy atom. The number of morpholine rings is 1. The molecule has 2 saturated heterocycles. The minimum Gasteiger partial charge on any atom is -0.365 e. The number of alkyl halides is 1. The molecule has 2 aromatic rings. The van der Waals surface area contributed by atoms with Gasteiger partial charge >= 0.3 is 0 Å². The lowest BCUT2D eigenvalue weighted by molar-refractivity contribution is -0.150. The van der Waals surface area contributed by atoms with Crippen molar-refractivity contribution >= 4 is 28.2 Å². The number of hydrogen-bond acceptors (Lipinski definition) is 5. The van der Waals surface area contributed by atoms with E-state index in [4.69, 9.17) is 11.3 Å². The molecule has 1 aromatic heterocycles. The molecule has 0 spiro atoms. The Morgan fingerprint density at radius 3 is 3.00 bits per heavy atom. The van der Waals surface area contributed by atoms with Crippen LogP contribution in [0.2, 0.25) is 0 Å². The van der Waals surface area contributed by atoms with E-state index in [-0.39, 0.29) is 12.0 Å². The molecule has 7 nitrogen and oxygen atoms in total. The number of piperidine rings is 1. The van der Waals surface area contributed by atoms with Crippen LogP contribution in [-0.4, -0.2) is 73.4 Å². The number of anilines is 1. The fourth-order valence-corrected chi connectivity index (χ4v) is 4.37. The number of amides is 1. The lowest BCUT2D eigenvalue weighted by Gasteiger charge is -2.41. The third-order valence-electron chi connectivity index (χ3n) is 5.94. The van der Waals surface area contributed by atoms with E-state index in [1.807, 2.05) is 25.1 Å². The van der Waals surface area contributed by atoms with Crippen molar-refractivity contribution in [1.29, 1.82) is 0 Å². The summed E-state index contributed by atoms with van der Waals surface area (Å²) in [5.41, 5.74) is 2.07. The highest BCUT2D eigenvalue weighted by Crippen LogP contribution is 2.34. The van der Waals surface area contributed by atoms with E-state index >= 15 is 0 Å². The summed E-state index contributed by atoms with van der Waals surface area (Å²) in [6, 6.07) is 6.98. The van der Waals surface area contributed by atoms with Crippen LogP contribution in [0.5, 0.6) is 0 Å². The number of carbonyl (C=O) groups excluding carboxylic acids is 1. The Bertz CT molecular complexity index is 978. The maximum atomic E-state index is 14.4. The van der Waals surface area contributed by atoms with Gasteiger partial charge in [-0.25, -0.2) is 9.24 Å². The van der Waals surface area contributed by atoms with E-state index in [1.54, 1.807) is 19.3 Å². The Hall–Kier alpha value is -2.76. The average molecular weight is 411 g/mol. The normalized spacial score (nSPS) is 26.9. The number of aromatic nitrogens is 1. The minimum absolute atomic E-state index is 0.168. The number of ether oxygens (including phenoxy) is 1. The van der Waals surface area contributed by atoms with Gasteiger partial charge in [-0.3, -0.25) is 9.78 Å². The van der Waals surface area contributed by atoms with Crippen LogP contribution < -0.4 is 10.2 Å². The number of benzene rings is 1. The highest BCUT2D eigenvalue weighted by molar-refractivity contribution is 6.00. The highest BCUT2D eigenvalue weighted by atomic mass is 19.1. The zero-order valence-corrected chi connectivity index (χ0v) is 17.2. The average Bonchev–Trinajstić information content (AvgIpc) is 2.77. The molecule has 4 rings (SSSR count). The second-order valence-corrected chi connectivity index (χ2v) is 7.98. The molecule has 1 aromatic carbocycles. The molecule has 1 N–H and O–H groups in total. The van der Waals surface area contributed by atoms with Gasteiger partial charge < -0.3 is 19.9 Å². The lowest BCUT2D eigenvalue weighted by Crippen LogP contribution is -2.59. The molecule has 3 heterocycles. The van der Waals surface area contributed by atoms with Crippen molar-refractivity contribution in [3.63, 3.8) is 0 Å². The van der Waals surface area contributed by atoms with Crippen LogP contribution in [0.25, 0.3) is 15.7 Å². The van der Waals surface area contributed by atoms with Gasteiger partial charge in [0, 0.05) is 37.4 Å². The Labute approximate surface area is 175 Å². The van der Waals surface area contributed by atoms with Gasteiger partial charge in [-0.1, -0.05) is 12.1 Å². The van der Waals surface area contributed by atoms with Crippen molar-refractivity contribution in [1.82, 2.24) is 15.2 Å². The summed E-state index contributed by atoms with van der Waals surface area (Å²) in [6.45, 7) is 11.4. The van der Waals surface area contributed by atoms with Gasteiger partial charge in [0.25, 0.3) is 5.91 Å². The van der Waals surface area contributed by atoms with E-state index < -0.39 is 18.3 Å². The first-order valence-electron chi connectivity index (χ1n) is 10.3. The molecule has 2 fully saturated rings. The predicted octanol–water partition coefficient (Wildman–Crippen LogP) is 2.54. The third-order valence-corrected chi connectivity index (χ3v) is 5.94. The van der Waals surface area contributed by atoms with Crippen LogP contribution in [0.1, 0.15) is 13.3 Å². The summed E-state index contributed by atoms with van der Waals surface area (Å²) in [6.07, 6.45) is 0.200. The first kappa shape index (κ1) is 20.5. The van der Waals surface area contributed by atoms with Gasteiger partial charge in [0.05, 0.1) is 30.8 Å². The highest BCUT2D eigenvalue weighted by Gasteiger charge is 2.37. The minimum atomic E-state index is -1.03. The standard InChI is InChI=1S/C22H26FN5O2/c1-14-12-28(18-7-6-17(24-2)21-15(18)5-4-9-26-21)13-20(30-14)22(29)27(3)19-11-25-10-8-16(19)23/h4-7,9,14,16,19-20,25H,8,10-13H2,1,3H3/t14-,16+,19-,20-/m1/s1. The molecule has 158 valence electrons. The topological polar surface area (TPSA) is 62.1 Å². The molecule has 4 atom stereocenters. The molecule has 8 heteroatoms. The molecule has 30 heavy (non-hydrogen) atoms. The molecule has 0 bridgehead atoms. The quantitative estimate of drug-likeness (QED) is 0.787. The van der Waals surface area contributed by atoms with Crippen LogP contribution >= 0.6 is 0 Å². The zero-order valence-electron chi connectivity index (χ0n) is 17.2. The smallest absolute Gasteiger partial charge is 0.253 e. The maximum absolute atomic E-state index is 14.4. The molecule has 0 aliphatic carbocycles. The van der Waals surface area contributed by atoms with Crippen molar-refractivity contribution in [2.45, 2.75) is 37.8 Å². The summed E-state index contributed by atoms with van der Waals surface area (Å²) in [7, 11) is 1.66. The van der Waals surface area contributed by atoms with E-state index in [1.165, 1.54) is 4.90 Å². The second-order valence-electron chi connectivity index (χ2n) is 7.98. The number of nitrogens with one attached hydrogen (secondary N) is 1. The number of rotatable bonds is 3. The van der Waals surface area contributed by atoms with Gasteiger partial charge in [0.1, 0.15) is 6.17 Å². The van der Waals surface area contributed by atoms with Gasteiger partial charge in [-0.15, -0.1) is 0 Å². The number of nitrogens with zero attached hydrogens (tertiary/aromatic N) is 4. The zero-order chi connectivity index (χ0) is 21.3. The Morgan fingerprint density at radius 2 is 2.23 bits per heavy atom. The van der Waals surface area contributed by atoms with Gasteiger partial charge in [0.2, 0.25) is 5.69 Å². The van der Waals surface area contributed by atoms with Crippen molar-refractivity contribution in [3.05, 3.63) is 41.9 Å². The lowest BCUT2D eigenvalue weighted by atomic mass is 10.0. The molecule has 2 aliphatic heterocycles. The fraction of sp³-hybridized carbons (Fsp3) is 0.500. The molecule has 0 unspecified atom stereocenters. The summed E-state index contributed by atoms with van der Waals surface area (Å²) in [5.74, 6) is -0.205. The van der Waals surface area contributed by atoms with Gasteiger partial charge in [-0.2, -0.15) is 0 Å². The van der Waals surface area contributed by atoms with Crippen LogP contribution in [0, 0.1) is 6.57 Å². The molecule has 1 amide bonds. The van der Waals surface area contributed by atoms with Gasteiger partial charge in [-0.05, 0) is 32.0 Å². The number of halogens is 1. The van der Waals surface area contributed by atoms with Gasteiger partial charge in [0.15, 0.2) is 6.10 Å². The number of likely N-dealkylation sites (N-methyl/N-ethyl adjacent to an activating group) is 1. The number of hydrogen-bond donors (Lipinski definition) is 1. The molecular formula is C22H26FN5O2. The second kappa shape index (κ2) is 8.54. The monoisotopic (exact) mass is 411 g/mol. The van der Waals surface area contributed by atoms with E-state index in [9.17, 15) is 9.18 Å². The summed E-state index contributed by atoms with van der Waals surface area (Å²) < 4.78 is 20.3. The van der Waals surface area contributed by atoms with E-state index in [2.05, 4.69) is 20.0 Å². The molecule has 0 radical (unpaired) electrons. The van der Waals surface area contributed by atoms with E-state index in [0.717, 1.165) is 11.1 Å². The SMILES string of the molecule is [C-]#[N+]c1ccc(N2C[C@@H](C)O[C@@H](C(=O)N(C)[C@@H]3CNCC[C@@H]3F)C2)c2cccnc12. The summed E-state index contributed by atoms with van der Waals surface area (Å²) in [4.78, 5) is 24.7. The molecular weight excluding hydrogens is 385 g/mol. The number of carbonyl (C=O) groups is 1. The number of pyridine rings is 1. The van der Waals surface area contributed by atoms with Crippen molar-refractivity contribution in [2.24, 2.45) is 0 Å². The Kier molecular flexibility index (Phi) is 5.84. The predicted molar refractivity (Wildman–Crippen MR) is 113 cm³/mol. The third kappa shape index (κ3) is 3.83. The largest absolute Gasteiger partial charge is 0.365 e. The van der Waals surface area contributed by atoms with E-state index in [0.29, 0.717) is 43.8 Å². The number of fused-ring (bicyclic) bond motifs is 1. The molecule has 2 aliphatic rings. The van der Waals surface area contributed by atoms with Crippen molar-refractivity contribution in [3.8, 4) is 0 Å². The van der Waals surface area contributed by atoms with Crippen LogP contribution in [0.4, 0.5) is 15.8 Å². The summed E-state index contributed by atoms with van der Waals surface area (Å²) >= 11 is 0. The molecule has 0 saturated carbocycles. The maximum Gasteiger partial charge on any atom is 0.253 e. The summed E-state index contributed by atoms with van der Waals surface area (Å²) in [5, 5.41) is 4.04.